The molecular formula is C23H21N3O3. The number of hydrogen-bond acceptors (Lipinski definition) is 4. The fraction of sp³-hybridized carbons (Fsp3) is 0.261. The number of aryl methyl sites for hydroxylation is 1. The van der Waals surface area contributed by atoms with Crippen LogP contribution in [0.3, 0.4) is 0 Å². The van der Waals surface area contributed by atoms with Crippen molar-refractivity contribution < 1.29 is 9.53 Å². The summed E-state index contributed by atoms with van der Waals surface area (Å²) in [5.74, 6) is -0.570. The molecule has 0 N–H and O–H groups in total. The molecule has 0 saturated heterocycles. The van der Waals surface area contributed by atoms with Gasteiger partial charge >= 0.3 is 5.97 Å². The van der Waals surface area contributed by atoms with Gasteiger partial charge in [-0.05, 0) is 44.9 Å². The Labute approximate surface area is 167 Å². The molecule has 0 spiro atoms. The first-order valence-electron chi connectivity index (χ1n) is 9.90. The molecule has 0 saturated carbocycles. The Hall–Kier alpha value is -3.41. The highest BCUT2D eigenvalue weighted by atomic mass is 16.5. The third kappa shape index (κ3) is 2.59. The van der Waals surface area contributed by atoms with Gasteiger partial charge in [0.2, 0.25) is 5.43 Å². The number of hydrogen-bond donors (Lipinski definition) is 0. The van der Waals surface area contributed by atoms with E-state index in [0.717, 1.165) is 40.6 Å². The third-order valence-electron chi connectivity index (χ3n) is 5.74. The van der Waals surface area contributed by atoms with Crippen LogP contribution >= 0.6 is 0 Å². The number of benzene rings is 2. The lowest BCUT2D eigenvalue weighted by Crippen LogP contribution is -2.25. The number of para-hydroxylation sites is 1. The maximum absolute atomic E-state index is 13.3. The van der Waals surface area contributed by atoms with E-state index in [2.05, 4.69) is 11.9 Å². The topological polar surface area (TPSA) is 66.1 Å². The lowest BCUT2D eigenvalue weighted by Gasteiger charge is -2.27. The first-order chi connectivity index (χ1) is 14.1. The highest BCUT2D eigenvalue weighted by Gasteiger charge is 2.26. The van der Waals surface area contributed by atoms with E-state index in [1.54, 1.807) is 19.4 Å². The summed E-state index contributed by atoms with van der Waals surface area (Å²) in [6.45, 7) is 4.08. The minimum absolute atomic E-state index is 0.0872. The fourth-order valence-electron chi connectivity index (χ4n) is 4.31. The van der Waals surface area contributed by atoms with Gasteiger partial charge in [-0.1, -0.05) is 18.2 Å². The van der Waals surface area contributed by atoms with Crippen LogP contribution in [0, 0.1) is 0 Å². The van der Waals surface area contributed by atoms with E-state index in [4.69, 9.17) is 4.74 Å². The minimum Gasteiger partial charge on any atom is -0.462 e. The number of pyridine rings is 1. The Balaban J connectivity index is 1.89. The van der Waals surface area contributed by atoms with Gasteiger partial charge < -0.3 is 9.30 Å². The fourth-order valence-corrected chi connectivity index (χ4v) is 4.31. The molecule has 5 rings (SSSR count). The molecule has 0 aliphatic carbocycles. The molecular weight excluding hydrogens is 366 g/mol. The van der Waals surface area contributed by atoms with Crippen LogP contribution < -0.4 is 5.43 Å². The van der Waals surface area contributed by atoms with Gasteiger partial charge in [-0.15, -0.1) is 0 Å². The van der Waals surface area contributed by atoms with Crippen LogP contribution in [0.1, 0.15) is 42.2 Å². The standard InChI is InChI=1S/C23H21N3O3/c1-3-29-23(28)18-12-25-14(2)9-10-16-20-19(11-17(21(16)25)22(18)27)26(13-24-20)15-7-5-4-6-8-15/h4-8,11-14H,3,9-10H2,1-2H3. The van der Waals surface area contributed by atoms with Gasteiger partial charge in [-0.25, -0.2) is 9.78 Å². The number of rotatable bonds is 3. The Morgan fingerprint density at radius 3 is 2.83 bits per heavy atom. The normalized spacial score (nSPS) is 15.7. The number of fused-ring (bicyclic) bond motifs is 2. The van der Waals surface area contributed by atoms with Crippen LogP contribution in [-0.2, 0) is 11.2 Å². The lowest BCUT2D eigenvalue weighted by molar-refractivity contribution is 0.0524. The molecule has 1 aliphatic rings. The number of esters is 1. The number of carbonyl (C=O) groups is 1. The zero-order valence-corrected chi connectivity index (χ0v) is 16.4. The molecule has 6 nitrogen and oxygen atoms in total. The molecule has 1 atom stereocenters. The molecule has 2 aromatic carbocycles. The summed E-state index contributed by atoms with van der Waals surface area (Å²) in [6, 6.07) is 12.0. The number of imidazole rings is 1. The highest BCUT2D eigenvalue weighted by Crippen LogP contribution is 2.35. The third-order valence-corrected chi connectivity index (χ3v) is 5.74. The Bertz CT molecular complexity index is 1320. The maximum atomic E-state index is 13.3. The molecule has 146 valence electrons. The highest BCUT2D eigenvalue weighted by molar-refractivity contribution is 6.01. The van der Waals surface area contributed by atoms with Gasteiger partial charge in [-0.2, -0.15) is 0 Å². The molecule has 0 fully saturated rings. The average molecular weight is 387 g/mol. The Morgan fingerprint density at radius 1 is 1.28 bits per heavy atom. The van der Waals surface area contributed by atoms with Gasteiger partial charge in [0.15, 0.2) is 0 Å². The van der Waals surface area contributed by atoms with Crippen molar-refractivity contribution in [3.8, 4) is 5.69 Å². The van der Waals surface area contributed by atoms with E-state index >= 15 is 0 Å². The molecule has 1 unspecified atom stereocenters. The number of aromatic nitrogens is 3. The van der Waals surface area contributed by atoms with Crippen LogP contribution in [0.4, 0.5) is 0 Å². The van der Waals surface area contributed by atoms with Crippen LogP contribution in [-0.4, -0.2) is 26.7 Å². The van der Waals surface area contributed by atoms with Gasteiger partial charge in [-0.3, -0.25) is 9.36 Å². The number of ether oxygens (including phenoxy) is 1. The van der Waals surface area contributed by atoms with Gasteiger partial charge in [0.25, 0.3) is 0 Å². The second-order valence-electron chi connectivity index (χ2n) is 7.46. The van der Waals surface area contributed by atoms with Gasteiger partial charge in [0.1, 0.15) is 11.9 Å². The van der Waals surface area contributed by atoms with Crippen molar-refractivity contribution in [1.29, 1.82) is 0 Å². The summed E-state index contributed by atoms with van der Waals surface area (Å²) < 4.78 is 9.17. The van der Waals surface area contributed by atoms with Crippen molar-refractivity contribution in [3.63, 3.8) is 0 Å². The zero-order valence-electron chi connectivity index (χ0n) is 16.4. The second kappa shape index (κ2) is 6.58. The van der Waals surface area contributed by atoms with E-state index in [1.807, 2.05) is 45.5 Å². The zero-order chi connectivity index (χ0) is 20.1. The summed E-state index contributed by atoms with van der Waals surface area (Å²) >= 11 is 0. The number of carbonyl (C=O) groups excluding carboxylic acids is 1. The first-order valence-corrected chi connectivity index (χ1v) is 9.90. The van der Waals surface area contributed by atoms with Gasteiger partial charge in [0.05, 0.1) is 23.2 Å². The maximum Gasteiger partial charge on any atom is 0.343 e. The van der Waals surface area contributed by atoms with Crippen molar-refractivity contribution in [2.75, 3.05) is 6.61 Å². The summed E-state index contributed by atoms with van der Waals surface area (Å²) in [5.41, 5.74) is 4.51. The van der Waals surface area contributed by atoms with E-state index in [1.165, 1.54) is 0 Å². The van der Waals surface area contributed by atoms with Crippen molar-refractivity contribution in [3.05, 3.63) is 70.3 Å². The van der Waals surface area contributed by atoms with Crippen molar-refractivity contribution >= 4 is 27.9 Å². The lowest BCUT2D eigenvalue weighted by atomic mass is 9.94. The molecule has 2 aromatic heterocycles. The van der Waals surface area contributed by atoms with Crippen LogP contribution in [0.5, 0.6) is 0 Å². The molecule has 0 amide bonds. The molecule has 0 radical (unpaired) electrons. The largest absolute Gasteiger partial charge is 0.462 e. The Morgan fingerprint density at radius 2 is 2.07 bits per heavy atom. The van der Waals surface area contributed by atoms with Crippen molar-refractivity contribution in [2.24, 2.45) is 0 Å². The molecule has 6 heteroatoms. The molecule has 0 bridgehead atoms. The SMILES string of the molecule is CCOC(=O)c1cn2c3c(c4ncn(-c5ccccc5)c4cc3c1=O)CCC2C. The van der Waals surface area contributed by atoms with E-state index < -0.39 is 5.97 Å². The van der Waals surface area contributed by atoms with Crippen molar-refractivity contribution in [2.45, 2.75) is 32.7 Å². The van der Waals surface area contributed by atoms with Crippen LogP contribution in [0.25, 0.3) is 27.6 Å². The Kier molecular flexibility index (Phi) is 4.01. The quantitative estimate of drug-likeness (QED) is 0.498. The first kappa shape index (κ1) is 17.7. The second-order valence-corrected chi connectivity index (χ2v) is 7.46. The summed E-state index contributed by atoms with van der Waals surface area (Å²) in [5, 5.41) is 0.544. The molecule has 1 aliphatic heterocycles. The average Bonchev–Trinajstić information content (AvgIpc) is 3.16. The van der Waals surface area contributed by atoms with E-state index in [9.17, 15) is 9.59 Å². The van der Waals surface area contributed by atoms with Gasteiger partial charge in [0, 0.05) is 28.9 Å². The summed E-state index contributed by atoms with van der Waals surface area (Å²) in [7, 11) is 0. The smallest absolute Gasteiger partial charge is 0.343 e. The van der Waals surface area contributed by atoms with E-state index in [0.29, 0.717) is 5.39 Å². The number of nitrogens with zero attached hydrogens (tertiary/aromatic N) is 3. The monoisotopic (exact) mass is 387 g/mol. The van der Waals surface area contributed by atoms with Crippen molar-refractivity contribution in [1.82, 2.24) is 14.1 Å². The molecule has 4 aromatic rings. The molecule has 29 heavy (non-hydrogen) atoms. The van der Waals surface area contributed by atoms with E-state index in [-0.39, 0.29) is 23.6 Å². The predicted molar refractivity (Wildman–Crippen MR) is 112 cm³/mol. The minimum atomic E-state index is -0.570. The summed E-state index contributed by atoms with van der Waals surface area (Å²) in [4.78, 5) is 30.4. The van der Waals surface area contributed by atoms with Crippen LogP contribution in [0.2, 0.25) is 0 Å². The predicted octanol–water partition coefficient (Wildman–Crippen LogP) is 4.02. The molecule has 3 heterocycles. The van der Waals surface area contributed by atoms with Crippen LogP contribution in [0.15, 0.2) is 53.7 Å². The summed E-state index contributed by atoms with van der Waals surface area (Å²) in [6.07, 6.45) is 5.23.